The van der Waals surface area contributed by atoms with E-state index in [2.05, 4.69) is 30.0 Å². The van der Waals surface area contributed by atoms with Gasteiger partial charge in [-0.25, -0.2) is 33.1 Å². The zero-order valence-electron chi connectivity index (χ0n) is 22.3. The lowest BCUT2D eigenvalue weighted by Crippen LogP contribution is -2.24. The van der Waals surface area contributed by atoms with Gasteiger partial charge in [0.2, 0.25) is 0 Å². The van der Waals surface area contributed by atoms with Gasteiger partial charge in [-0.1, -0.05) is 11.6 Å². The van der Waals surface area contributed by atoms with E-state index in [0.717, 1.165) is 12.4 Å². The minimum atomic E-state index is -0.898. The third kappa shape index (κ3) is 4.48. The van der Waals surface area contributed by atoms with E-state index in [1.54, 1.807) is 33.8 Å². The highest BCUT2D eigenvalue weighted by molar-refractivity contribution is 6.31. The van der Waals surface area contributed by atoms with Crippen LogP contribution in [-0.4, -0.2) is 39.3 Å². The molecule has 5 heterocycles. The van der Waals surface area contributed by atoms with Gasteiger partial charge in [0, 0.05) is 29.6 Å². The van der Waals surface area contributed by atoms with Gasteiger partial charge < -0.3 is 0 Å². The van der Waals surface area contributed by atoms with Gasteiger partial charge in [0.05, 0.1) is 18.1 Å². The Morgan fingerprint density at radius 3 is 2.37 bits per heavy atom. The molecule has 5 aromatic rings. The van der Waals surface area contributed by atoms with Crippen molar-refractivity contribution in [3.63, 3.8) is 0 Å². The summed E-state index contributed by atoms with van der Waals surface area (Å²) in [7, 11) is 0. The van der Waals surface area contributed by atoms with Gasteiger partial charge in [-0.2, -0.15) is 4.68 Å². The van der Waals surface area contributed by atoms with Gasteiger partial charge in [-0.15, -0.1) is 5.10 Å². The Morgan fingerprint density at radius 1 is 0.951 bits per heavy atom. The Bertz CT molecular complexity index is 1900. The highest BCUT2D eigenvalue weighted by Gasteiger charge is 2.43. The first kappa shape index (κ1) is 26.8. The molecular weight excluding hydrogens is 557 g/mol. The summed E-state index contributed by atoms with van der Waals surface area (Å²) in [4.78, 5) is 34.1. The fraction of sp³-hybridized carbons (Fsp3) is 0.250. The maximum absolute atomic E-state index is 16.2. The summed E-state index contributed by atoms with van der Waals surface area (Å²) < 4.78 is 47.6. The topological polar surface area (TPSA) is 104 Å². The number of hydrogen-bond donors (Lipinski definition) is 0. The van der Waals surface area contributed by atoms with Crippen molar-refractivity contribution >= 4 is 11.6 Å². The normalized spacial score (nSPS) is 16.3. The number of nitrogens with zero attached hydrogens (tertiary/aromatic N) is 8. The summed E-state index contributed by atoms with van der Waals surface area (Å²) >= 11 is 6.57. The van der Waals surface area contributed by atoms with Gasteiger partial charge in [-0.3, -0.25) is 14.3 Å². The monoisotopic (exact) mass is 578 g/mol. The molecule has 5 aromatic heterocycles. The van der Waals surface area contributed by atoms with E-state index in [0.29, 0.717) is 40.7 Å². The molecule has 13 heteroatoms. The van der Waals surface area contributed by atoms with Crippen LogP contribution in [0.1, 0.15) is 52.6 Å². The van der Waals surface area contributed by atoms with E-state index in [1.165, 1.54) is 27.7 Å². The molecule has 1 aliphatic rings. The second kappa shape index (κ2) is 9.88. The van der Waals surface area contributed by atoms with Gasteiger partial charge in [0.15, 0.2) is 23.3 Å². The Balaban J connectivity index is 1.44. The molecule has 1 aliphatic carbocycles. The first-order valence-corrected chi connectivity index (χ1v) is 13.0. The maximum Gasteiger partial charge on any atom is 0.274 e. The lowest BCUT2D eigenvalue weighted by atomic mass is 10.1. The predicted octanol–water partition coefficient (Wildman–Crippen LogP) is 5.24. The summed E-state index contributed by atoms with van der Waals surface area (Å²) in [5.74, 6) is -1.40. The lowest BCUT2D eigenvalue weighted by molar-refractivity contribution is 0.588. The van der Waals surface area contributed by atoms with E-state index in [9.17, 15) is 9.18 Å². The Labute approximate surface area is 236 Å². The molecule has 0 saturated heterocycles. The number of halogens is 4. The molecule has 6 rings (SSSR count). The average Bonchev–Trinajstić information content (AvgIpc) is 3.65. The molecule has 0 aromatic carbocycles. The summed E-state index contributed by atoms with van der Waals surface area (Å²) in [6, 6.07) is 3.02. The van der Waals surface area contributed by atoms with E-state index in [-0.39, 0.29) is 39.6 Å². The Hall–Kier alpha value is -4.45. The van der Waals surface area contributed by atoms with Crippen molar-refractivity contribution in [3.8, 4) is 22.8 Å². The molecule has 0 amide bonds. The first-order chi connectivity index (χ1) is 19.6. The van der Waals surface area contributed by atoms with Crippen LogP contribution < -0.4 is 5.56 Å². The van der Waals surface area contributed by atoms with Crippen molar-refractivity contribution in [1.82, 2.24) is 39.3 Å². The predicted molar refractivity (Wildman–Crippen MR) is 144 cm³/mol. The van der Waals surface area contributed by atoms with Crippen LogP contribution in [-0.2, 0) is 0 Å². The maximum atomic E-state index is 16.2. The van der Waals surface area contributed by atoms with Crippen LogP contribution in [0.2, 0.25) is 5.02 Å². The number of hydrogen-bond acceptors (Lipinski definition) is 7. The van der Waals surface area contributed by atoms with Crippen LogP contribution in [0.15, 0.2) is 41.7 Å². The van der Waals surface area contributed by atoms with Crippen molar-refractivity contribution in [3.05, 3.63) is 104 Å². The standard InChI is InChI=1S/C28H22ClF3N8O/c1-12-9-34-24(17-5-6-33-27(22(17)31)40-15(4)37-14(3)38-40)23(32)25(12)39-13(2)7-19(21(29)28(39)41)18-8-20(18)26-35-10-16(30)11-36-26/h5-7,9-11,18,20H,8H2,1-4H3/t18-,20+/m1/s1. The molecule has 2 atom stereocenters. The van der Waals surface area contributed by atoms with Gasteiger partial charge >= 0.3 is 0 Å². The van der Waals surface area contributed by atoms with Crippen LogP contribution >= 0.6 is 11.6 Å². The average molecular weight is 579 g/mol. The van der Waals surface area contributed by atoms with Crippen molar-refractivity contribution < 1.29 is 13.2 Å². The van der Waals surface area contributed by atoms with Crippen molar-refractivity contribution in [1.29, 1.82) is 0 Å². The molecule has 0 aliphatic heterocycles. The van der Waals surface area contributed by atoms with Gasteiger partial charge in [0.1, 0.15) is 28.2 Å². The Kier molecular flexibility index (Phi) is 6.45. The van der Waals surface area contributed by atoms with Crippen LogP contribution in [0.5, 0.6) is 0 Å². The Morgan fingerprint density at radius 2 is 1.68 bits per heavy atom. The van der Waals surface area contributed by atoms with Crippen LogP contribution in [0.25, 0.3) is 22.8 Å². The molecule has 41 heavy (non-hydrogen) atoms. The summed E-state index contributed by atoms with van der Waals surface area (Å²) in [6.07, 6.45) is 5.52. The highest BCUT2D eigenvalue weighted by Crippen LogP contribution is 2.54. The second-order valence-corrected chi connectivity index (χ2v) is 10.3. The number of aryl methyl sites for hydroxylation is 4. The molecule has 0 bridgehead atoms. The molecule has 0 spiro atoms. The molecule has 9 nitrogen and oxygen atoms in total. The number of aromatic nitrogens is 8. The fourth-order valence-corrected chi connectivity index (χ4v) is 5.41. The molecule has 0 radical (unpaired) electrons. The second-order valence-electron chi connectivity index (χ2n) is 9.97. The van der Waals surface area contributed by atoms with E-state index in [4.69, 9.17) is 11.6 Å². The quantitative estimate of drug-likeness (QED) is 0.281. The molecular formula is C28H22ClF3N8O. The van der Waals surface area contributed by atoms with E-state index < -0.39 is 23.0 Å². The lowest BCUT2D eigenvalue weighted by Gasteiger charge is -2.18. The minimum Gasteiger partial charge on any atom is -0.277 e. The van der Waals surface area contributed by atoms with Crippen LogP contribution in [0, 0.1) is 45.1 Å². The number of rotatable bonds is 5. The smallest absolute Gasteiger partial charge is 0.274 e. The highest BCUT2D eigenvalue weighted by atomic mass is 35.5. The van der Waals surface area contributed by atoms with Gasteiger partial charge in [0.25, 0.3) is 5.56 Å². The van der Waals surface area contributed by atoms with Crippen molar-refractivity contribution in [2.75, 3.05) is 0 Å². The van der Waals surface area contributed by atoms with Crippen LogP contribution in [0.4, 0.5) is 13.2 Å². The molecule has 1 saturated carbocycles. The SMILES string of the molecule is Cc1nc(C)n(-c2nccc(-c3ncc(C)c(-n4c(C)cc([C@H]5C[C@@H]5c5ncc(F)cn5)c(Cl)c4=O)c3F)c2F)n1. The van der Waals surface area contributed by atoms with E-state index >= 15 is 8.78 Å². The van der Waals surface area contributed by atoms with Gasteiger partial charge in [-0.05, 0) is 63.3 Å². The molecule has 0 N–H and O–H groups in total. The molecule has 1 fully saturated rings. The fourth-order valence-electron chi connectivity index (χ4n) is 5.13. The summed E-state index contributed by atoms with van der Waals surface area (Å²) in [5, 5.41) is 4.10. The largest absolute Gasteiger partial charge is 0.277 e. The van der Waals surface area contributed by atoms with E-state index in [1.807, 2.05) is 0 Å². The third-order valence-electron chi connectivity index (χ3n) is 7.12. The molecule has 0 unspecified atom stereocenters. The zero-order chi connectivity index (χ0) is 29.2. The third-order valence-corrected chi connectivity index (χ3v) is 7.50. The number of pyridine rings is 3. The van der Waals surface area contributed by atoms with Crippen molar-refractivity contribution in [2.45, 2.75) is 46.0 Å². The summed E-state index contributed by atoms with van der Waals surface area (Å²) in [6.45, 7) is 6.57. The summed E-state index contributed by atoms with van der Waals surface area (Å²) in [5.41, 5.74) is 0.171. The molecule has 208 valence electrons. The minimum absolute atomic E-state index is 0.0724. The zero-order valence-corrected chi connectivity index (χ0v) is 23.1. The van der Waals surface area contributed by atoms with Crippen LogP contribution in [0.3, 0.4) is 0 Å². The van der Waals surface area contributed by atoms with Crippen molar-refractivity contribution in [2.24, 2.45) is 0 Å². The first-order valence-electron chi connectivity index (χ1n) is 12.7.